The van der Waals surface area contributed by atoms with Gasteiger partial charge >= 0.3 is 0 Å². The number of furan rings is 1. The first-order chi connectivity index (χ1) is 9.86. The van der Waals surface area contributed by atoms with Gasteiger partial charge in [-0.25, -0.2) is 0 Å². The van der Waals surface area contributed by atoms with E-state index in [-0.39, 0.29) is 11.9 Å². The van der Waals surface area contributed by atoms with E-state index in [1.807, 2.05) is 14.1 Å². The van der Waals surface area contributed by atoms with Crippen LogP contribution in [0.4, 0.5) is 5.69 Å². The topological polar surface area (TPSA) is 71.5 Å². The predicted molar refractivity (Wildman–Crippen MR) is 85.3 cm³/mol. The van der Waals surface area contributed by atoms with Gasteiger partial charge in [0.15, 0.2) is 5.76 Å². The SMILES string of the molecule is CC(C)C(CN(C)C)NC(=O)c1cc2cc(N)ccc2o1. The highest BCUT2D eigenvalue weighted by Gasteiger charge is 2.20. The van der Waals surface area contributed by atoms with Crippen LogP contribution < -0.4 is 11.1 Å². The number of fused-ring (bicyclic) bond motifs is 1. The van der Waals surface area contributed by atoms with Crippen LogP contribution in [0, 0.1) is 5.92 Å². The summed E-state index contributed by atoms with van der Waals surface area (Å²) >= 11 is 0. The molecular weight excluding hydrogens is 266 g/mol. The summed E-state index contributed by atoms with van der Waals surface area (Å²) in [5.41, 5.74) is 7.06. The molecule has 0 saturated heterocycles. The van der Waals surface area contributed by atoms with Crippen LogP contribution in [-0.2, 0) is 0 Å². The van der Waals surface area contributed by atoms with Gasteiger partial charge in [-0.2, -0.15) is 0 Å². The number of anilines is 1. The van der Waals surface area contributed by atoms with Gasteiger partial charge in [0, 0.05) is 23.7 Å². The third-order valence-electron chi connectivity index (χ3n) is 3.45. The fourth-order valence-electron chi connectivity index (χ4n) is 2.23. The van der Waals surface area contributed by atoms with Crippen LogP contribution in [0.2, 0.25) is 0 Å². The van der Waals surface area contributed by atoms with Gasteiger partial charge in [0.1, 0.15) is 5.58 Å². The Bertz CT molecular complexity index is 631. The average Bonchev–Trinajstić information content (AvgIpc) is 2.80. The summed E-state index contributed by atoms with van der Waals surface area (Å²) in [6, 6.07) is 7.15. The fourth-order valence-corrected chi connectivity index (χ4v) is 2.23. The number of carbonyl (C=O) groups excluding carboxylic acids is 1. The fraction of sp³-hybridized carbons (Fsp3) is 0.438. The number of likely N-dealkylation sites (N-methyl/N-ethyl adjacent to an activating group) is 1. The van der Waals surface area contributed by atoms with Crippen LogP contribution >= 0.6 is 0 Å². The highest BCUT2D eigenvalue weighted by atomic mass is 16.3. The van der Waals surface area contributed by atoms with E-state index in [1.54, 1.807) is 24.3 Å². The number of benzene rings is 1. The smallest absolute Gasteiger partial charge is 0.287 e. The molecular formula is C16H23N3O2. The second-order valence-corrected chi connectivity index (χ2v) is 5.99. The number of nitrogens with one attached hydrogen (secondary N) is 1. The molecule has 0 saturated carbocycles. The van der Waals surface area contributed by atoms with Crippen LogP contribution in [0.25, 0.3) is 11.0 Å². The van der Waals surface area contributed by atoms with E-state index in [4.69, 9.17) is 10.2 Å². The third kappa shape index (κ3) is 3.76. The minimum absolute atomic E-state index is 0.0748. The predicted octanol–water partition coefficient (Wildman–Crippen LogP) is 2.33. The lowest BCUT2D eigenvalue weighted by Crippen LogP contribution is -2.44. The van der Waals surface area contributed by atoms with E-state index < -0.39 is 0 Å². The maximum atomic E-state index is 12.3. The molecule has 0 aliphatic heterocycles. The van der Waals surface area contributed by atoms with Gasteiger partial charge in [0.2, 0.25) is 0 Å². The van der Waals surface area contributed by atoms with Gasteiger partial charge in [-0.1, -0.05) is 13.8 Å². The Kier molecular flexibility index (Phi) is 4.53. The third-order valence-corrected chi connectivity index (χ3v) is 3.45. The zero-order valence-corrected chi connectivity index (χ0v) is 13.0. The highest BCUT2D eigenvalue weighted by molar-refractivity contribution is 5.96. The normalized spacial score (nSPS) is 13.0. The lowest BCUT2D eigenvalue weighted by Gasteiger charge is -2.25. The van der Waals surface area contributed by atoms with Crippen molar-refractivity contribution in [2.24, 2.45) is 5.92 Å². The molecule has 1 aromatic carbocycles. The van der Waals surface area contributed by atoms with Crippen LogP contribution in [0.1, 0.15) is 24.4 Å². The van der Waals surface area contributed by atoms with E-state index >= 15 is 0 Å². The first kappa shape index (κ1) is 15.4. The minimum atomic E-state index is -0.190. The van der Waals surface area contributed by atoms with Crippen molar-refractivity contribution in [1.82, 2.24) is 10.2 Å². The van der Waals surface area contributed by atoms with Crippen LogP contribution in [0.3, 0.4) is 0 Å². The number of nitrogen functional groups attached to an aromatic ring is 1. The van der Waals surface area contributed by atoms with E-state index in [1.165, 1.54) is 0 Å². The minimum Gasteiger partial charge on any atom is -0.451 e. The molecule has 0 aliphatic rings. The summed E-state index contributed by atoms with van der Waals surface area (Å²) in [6.45, 7) is 4.97. The van der Waals surface area contributed by atoms with Gasteiger partial charge in [0.25, 0.3) is 5.91 Å². The van der Waals surface area contributed by atoms with Crippen molar-refractivity contribution in [3.05, 3.63) is 30.0 Å². The number of hydrogen-bond acceptors (Lipinski definition) is 4. The molecule has 2 aromatic rings. The van der Waals surface area contributed by atoms with Crippen molar-refractivity contribution >= 4 is 22.6 Å². The van der Waals surface area contributed by atoms with Crippen molar-refractivity contribution in [2.45, 2.75) is 19.9 Å². The molecule has 1 unspecified atom stereocenters. The number of nitrogens with zero attached hydrogens (tertiary/aromatic N) is 1. The molecule has 1 aromatic heterocycles. The van der Waals surface area contributed by atoms with Crippen molar-refractivity contribution in [1.29, 1.82) is 0 Å². The van der Waals surface area contributed by atoms with Crippen LogP contribution in [0.15, 0.2) is 28.7 Å². The van der Waals surface area contributed by atoms with Crippen molar-refractivity contribution < 1.29 is 9.21 Å². The van der Waals surface area contributed by atoms with Gasteiger partial charge in [-0.15, -0.1) is 0 Å². The lowest BCUT2D eigenvalue weighted by molar-refractivity contribution is 0.0890. The monoisotopic (exact) mass is 289 g/mol. The Labute approximate surface area is 125 Å². The molecule has 5 heteroatoms. The van der Waals surface area contributed by atoms with Gasteiger partial charge < -0.3 is 20.4 Å². The largest absolute Gasteiger partial charge is 0.451 e. The summed E-state index contributed by atoms with van der Waals surface area (Å²) < 4.78 is 5.59. The lowest BCUT2D eigenvalue weighted by atomic mass is 10.0. The second-order valence-electron chi connectivity index (χ2n) is 5.99. The first-order valence-corrected chi connectivity index (χ1v) is 7.11. The number of nitrogens with two attached hydrogens (primary N) is 1. The van der Waals surface area contributed by atoms with E-state index in [0.29, 0.717) is 22.9 Å². The van der Waals surface area contributed by atoms with Crippen molar-refractivity contribution in [3.8, 4) is 0 Å². The van der Waals surface area contributed by atoms with E-state index in [9.17, 15) is 4.79 Å². The molecule has 1 amide bonds. The standard InChI is InChI=1S/C16H23N3O2/c1-10(2)13(9-19(3)4)18-16(20)15-8-11-7-12(17)5-6-14(11)21-15/h5-8,10,13H,9,17H2,1-4H3,(H,18,20). The first-order valence-electron chi connectivity index (χ1n) is 7.11. The average molecular weight is 289 g/mol. The highest BCUT2D eigenvalue weighted by Crippen LogP contribution is 2.22. The Morgan fingerprint density at radius 1 is 1.33 bits per heavy atom. The summed E-state index contributed by atoms with van der Waals surface area (Å²) in [6.07, 6.45) is 0. The maximum Gasteiger partial charge on any atom is 0.287 e. The van der Waals surface area contributed by atoms with Crippen LogP contribution in [-0.4, -0.2) is 37.5 Å². The van der Waals surface area contributed by atoms with Crippen molar-refractivity contribution in [2.75, 3.05) is 26.4 Å². The maximum absolute atomic E-state index is 12.3. The Morgan fingerprint density at radius 3 is 2.67 bits per heavy atom. The van der Waals surface area contributed by atoms with Gasteiger partial charge in [-0.3, -0.25) is 4.79 Å². The molecule has 3 N–H and O–H groups in total. The molecule has 0 fully saturated rings. The van der Waals surface area contributed by atoms with Gasteiger partial charge in [0.05, 0.1) is 0 Å². The second kappa shape index (κ2) is 6.18. The molecule has 1 heterocycles. The molecule has 114 valence electrons. The zero-order chi connectivity index (χ0) is 15.6. The molecule has 0 aliphatic carbocycles. The van der Waals surface area contributed by atoms with E-state index in [2.05, 4.69) is 24.1 Å². The summed E-state index contributed by atoms with van der Waals surface area (Å²) in [5, 5.41) is 3.88. The van der Waals surface area contributed by atoms with Crippen molar-refractivity contribution in [3.63, 3.8) is 0 Å². The Balaban J connectivity index is 2.17. The molecule has 5 nitrogen and oxygen atoms in total. The van der Waals surface area contributed by atoms with Gasteiger partial charge in [-0.05, 0) is 44.3 Å². The molecule has 21 heavy (non-hydrogen) atoms. The molecule has 0 bridgehead atoms. The Morgan fingerprint density at radius 2 is 2.05 bits per heavy atom. The summed E-state index contributed by atoms with van der Waals surface area (Å²) in [7, 11) is 3.98. The number of carbonyl (C=O) groups is 1. The van der Waals surface area contributed by atoms with Crippen LogP contribution in [0.5, 0.6) is 0 Å². The summed E-state index contributed by atoms with van der Waals surface area (Å²) in [5.74, 6) is 0.474. The quantitative estimate of drug-likeness (QED) is 0.829. The molecule has 0 spiro atoms. The van der Waals surface area contributed by atoms with E-state index in [0.717, 1.165) is 11.9 Å². The molecule has 0 radical (unpaired) electrons. The molecule has 1 atom stereocenters. The summed E-state index contributed by atoms with van der Waals surface area (Å²) in [4.78, 5) is 14.4. The molecule has 2 rings (SSSR count). The number of amides is 1. The Hall–Kier alpha value is -2.01. The number of rotatable bonds is 5. The number of hydrogen-bond donors (Lipinski definition) is 2. The zero-order valence-electron chi connectivity index (χ0n) is 13.0.